The van der Waals surface area contributed by atoms with Crippen LogP contribution >= 0.6 is 0 Å². The number of carbonyl (C=O) groups is 4. The van der Waals surface area contributed by atoms with Crippen LogP contribution in [0.5, 0.6) is 0 Å². The van der Waals surface area contributed by atoms with Gasteiger partial charge in [-0.05, 0) is 44.9 Å². The van der Waals surface area contributed by atoms with E-state index in [1.54, 1.807) is 0 Å². The van der Waals surface area contributed by atoms with Crippen molar-refractivity contribution >= 4 is 24.1 Å². The molecule has 246 valence electrons. The fourth-order valence-electron chi connectivity index (χ4n) is 4.23. The first-order valence-corrected chi connectivity index (χ1v) is 16.8. The Morgan fingerprint density at radius 3 is 1.12 bits per heavy atom. The zero-order valence-electron chi connectivity index (χ0n) is 26.8. The smallest absolute Gasteiger partial charge is 0.466 e. The monoisotopic (exact) mass is 600 g/mol. The highest BCUT2D eigenvalue weighted by molar-refractivity contribution is 5.70. The maximum absolute atomic E-state index is 11.8. The summed E-state index contributed by atoms with van der Waals surface area (Å²) in [4.78, 5) is 46.9. The topological polar surface area (TPSA) is 114 Å². The average Bonchev–Trinajstić information content (AvgIpc) is 2.97. The SMILES string of the molecule is CCCCCCCCCOC(=O)CCCCOC(=O)CCCCCOC(=O)OCCC(=O)OCCCCCCCCC. The van der Waals surface area contributed by atoms with Crippen molar-refractivity contribution < 1.29 is 42.9 Å². The van der Waals surface area contributed by atoms with E-state index in [1.807, 2.05) is 0 Å². The number of ether oxygens (including phenoxy) is 5. The van der Waals surface area contributed by atoms with E-state index in [-0.39, 0.29) is 37.5 Å². The Kier molecular flexibility index (Phi) is 29.9. The summed E-state index contributed by atoms with van der Waals surface area (Å²) in [5.41, 5.74) is 0. The molecule has 0 heterocycles. The molecule has 0 aromatic heterocycles. The lowest BCUT2D eigenvalue weighted by Gasteiger charge is -2.07. The van der Waals surface area contributed by atoms with Gasteiger partial charge in [-0.25, -0.2) is 4.79 Å². The maximum atomic E-state index is 11.8. The van der Waals surface area contributed by atoms with E-state index in [9.17, 15) is 19.2 Å². The first kappa shape index (κ1) is 39.7. The van der Waals surface area contributed by atoms with Crippen LogP contribution in [0.2, 0.25) is 0 Å². The normalized spacial score (nSPS) is 10.7. The summed E-state index contributed by atoms with van der Waals surface area (Å²) in [6.45, 7) is 5.71. The van der Waals surface area contributed by atoms with Crippen LogP contribution in [0.25, 0.3) is 0 Å². The molecule has 0 aliphatic heterocycles. The predicted octanol–water partition coefficient (Wildman–Crippen LogP) is 8.39. The molecule has 0 saturated heterocycles. The van der Waals surface area contributed by atoms with Crippen LogP contribution in [0.3, 0.4) is 0 Å². The van der Waals surface area contributed by atoms with Crippen molar-refractivity contribution in [2.24, 2.45) is 0 Å². The van der Waals surface area contributed by atoms with E-state index in [4.69, 9.17) is 23.7 Å². The van der Waals surface area contributed by atoms with Crippen LogP contribution in [0.4, 0.5) is 4.79 Å². The summed E-state index contributed by atoms with van der Waals surface area (Å²) in [6.07, 6.45) is 19.4. The summed E-state index contributed by atoms with van der Waals surface area (Å²) in [5, 5.41) is 0. The zero-order chi connectivity index (χ0) is 30.9. The van der Waals surface area contributed by atoms with Crippen molar-refractivity contribution in [2.75, 3.05) is 33.0 Å². The number of rotatable bonds is 30. The molecule has 0 radical (unpaired) electrons. The molecule has 0 spiro atoms. The van der Waals surface area contributed by atoms with Crippen molar-refractivity contribution in [3.63, 3.8) is 0 Å². The summed E-state index contributed by atoms with van der Waals surface area (Å²) in [6, 6.07) is 0. The van der Waals surface area contributed by atoms with Crippen molar-refractivity contribution in [2.45, 2.75) is 155 Å². The molecule has 0 N–H and O–H groups in total. The van der Waals surface area contributed by atoms with Gasteiger partial charge in [0.05, 0.1) is 32.8 Å². The molecule has 0 rings (SSSR count). The van der Waals surface area contributed by atoms with Crippen LogP contribution in [0.1, 0.15) is 155 Å². The van der Waals surface area contributed by atoms with Gasteiger partial charge in [-0.3, -0.25) is 14.4 Å². The number of hydrogen-bond acceptors (Lipinski definition) is 9. The van der Waals surface area contributed by atoms with Crippen molar-refractivity contribution in [3.8, 4) is 0 Å². The Morgan fingerprint density at radius 2 is 0.643 bits per heavy atom. The van der Waals surface area contributed by atoms with E-state index < -0.39 is 6.16 Å². The van der Waals surface area contributed by atoms with Gasteiger partial charge in [-0.15, -0.1) is 0 Å². The lowest BCUT2D eigenvalue weighted by Crippen LogP contribution is -2.14. The van der Waals surface area contributed by atoms with Gasteiger partial charge in [0, 0.05) is 12.8 Å². The molecule has 0 saturated carbocycles. The highest BCUT2D eigenvalue weighted by atomic mass is 16.7. The Morgan fingerprint density at radius 1 is 0.333 bits per heavy atom. The Balaban J connectivity index is 3.44. The van der Waals surface area contributed by atoms with Gasteiger partial charge in [0.15, 0.2) is 0 Å². The molecule has 0 aromatic rings. The fraction of sp³-hybridized carbons (Fsp3) is 0.879. The van der Waals surface area contributed by atoms with E-state index in [1.165, 1.54) is 57.8 Å². The van der Waals surface area contributed by atoms with Crippen LogP contribution in [0.15, 0.2) is 0 Å². The third-order valence-corrected chi connectivity index (χ3v) is 6.83. The minimum atomic E-state index is -0.809. The van der Waals surface area contributed by atoms with Gasteiger partial charge in [0.25, 0.3) is 0 Å². The van der Waals surface area contributed by atoms with Crippen molar-refractivity contribution in [1.29, 1.82) is 0 Å². The summed E-state index contributed by atoms with van der Waals surface area (Å²) in [7, 11) is 0. The quantitative estimate of drug-likeness (QED) is 0.0455. The van der Waals surface area contributed by atoms with E-state index in [2.05, 4.69) is 13.8 Å². The summed E-state index contributed by atoms with van der Waals surface area (Å²) >= 11 is 0. The Labute approximate surface area is 255 Å². The molecule has 9 nitrogen and oxygen atoms in total. The van der Waals surface area contributed by atoms with Gasteiger partial charge in [0.1, 0.15) is 6.61 Å². The van der Waals surface area contributed by atoms with Gasteiger partial charge in [-0.2, -0.15) is 0 Å². The second kappa shape index (κ2) is 31.6. The third kappa shape index (κ3) is 30.6. The second-order valence-corrected chi connectivity index (χ2v) is 10.9. The standard InChI is InChI=1S/C33H60O9/c1-3-5-7-9-11-13-18-25-38-31(35)23-17-21-27-39-30(34)22-16-15-20-28-41-33(37)42-29-24-32(36)40-26-19-14-12-10-8-6-4-2/h3-29H2,1-2H3. The van der Waals surface area contributed by atoms with Crippen LogP contribution < -0.4 is 0 Å². The molecule has 0 unspecified atom stereocenters. The predicted molar refractivity (Wildman–Crippen MR) is 163 cm³/mol. The lowest BCUT2D eigenvalue weighted by molar-refractivity contribution is -0.145. The Bertz CT molecular complexity index is 666. The number of hydrogen-bond donors (Lipinski definition) is 0. The molecule has 0 aliphatic carbocycles. The van der Waals surface area contributed by atoms with Crippen LogP contribution in [-0.2, 0) is 38.1 Å². The molecule has 42 heavy (non-hydrogen) atoms. The van der Waals surface area contributed by atoms with E-state index >= 15 is 0 Å². The van der Waals surface area contributed by atoms with Crippen molar-refractivity contribution in [1.82, 2.24) is 0 Å². The van der Waals surface area contributed by atoms with Crippen molar-refractivity contribution in [3.05, 3.63) is 0 Å². The fourth-order valence-corrected chi connectivity index (χ4v) is 4.23. The van der Waals surface area contributed by atoms with Gasteiger partial charge < -0.3 is 23.7 Å². The molecule has 0 atom stereocenters. The maximum Gasteiger partial charge on any atom is 0.508 e. The minimum Gasteiger partial charge on any atom is -0.466 e. The van der Waals surface area contributed by atoms with Gasteiger partial charge in [0.2, 0.25) is 0 Å². The first-order valence-electron chi connectivity index (χ1n) is 16.8. The molecule has 0 amide bonds. The molecular formula is C33H60O9. The van der Waals surface area contributed by atoms with Gasteiger partial charge in [-0.1, -0.05) is 90.9 Å². The largest absolute Gasteiger partial charge is 0.508 e. The first-order chi connectivity index (χ1) is 20.5. The van der Waals surface area contributed by atoms with Crippen LogP contribution in [-0.4, -0.2) is 57.1 Å². The van der Waals surface area contributed by atoms with E-state index in [0.29, 0.717) is 64.8 Å². The summed E-state index contributed by atoms with van der Waals surface area (Å²) in [5.74, 6) is -0.831. The lowest BCUT2D eigenvalue weighted by atomic mass is 10.1. The molecule has 0 bridgehead atoms. The van der Waals surface area contributed by atoms with E-state index in [0.717, 1.165) is 32.1 Å². The molecule has 9 heteroatoms. The highest BCUT2D eigenvalue weighted by Crippen LogP contribution is 2.09. The number of esters is 3. The number of carbonyl (C=O) groups excluding carboxylic acids is 4. The molecule has 0 fully saturated rings. The minimum absolute atomic E-state index is 0.0110. The zero-order valence-corrected chi connectivity index (χ0v) is 26.8. The molecule has 0 aromatic carbocycles. The highest BCUT2D eigenvalue weighted by Gasteiger charge is 2.09. The number of unbranched alkanes of at least 4 members (excludes halogenated alkanes) is 15. The Hall–Kier alpha value is -2.32. The van der Waals surface area contributed by atoms with Crippen LogP contribution in [0, 0.1) is 0 Å². The second-order valence-electron chi connectivity index (χ2n) is 10.9. The molecular weight excluding hydrogens is 540 g/mol. The average molecular weight is 601 g/mol. The van der Waals surface area contributed by atoms with Gasteiger partial charge >= 0.3 is 24.1 Å². The third-order valence-electron chi connectivity index (χ3n) is 6.83. The summed E-state index contributed by atoms with van der Waals surface area (Å²) < 4.78 is 25.5. The molecule has 0 aliphatic rings.